The molecule has 3 heterocycles. The summed E-state index contributed by atoms with van der Waals surface area (Å²) in [6.07, 6.45) is 2.08. The lowest BCUT2D eigenvalue weighted by Crippen LogP contribution is -2.38. The van der Waals surface area contributed by atoms with E-state index in [-0.39, 0.29) is 4.90 Å². The van der Waals surface area contributed by atoms with E-state index in [1.165, 1.54) is 6.07 Å². The molecule has 2 aromatic carbocycles. The van der Waals surface area contributed by atoms with Crippen LogP contribution in [0, 0.1) is 0 Å². The number of nitrogens with zero attached hydrogens (tertiary/aromatic N) is 3. The van der Waals surface area contributed by atoms with Gasteiger partial charge in [-0.1, -0.05) is 34.6 Å². The number of primary sulfonamides is 1. The van der Waals surface area contributed by atoms with Gasteiger partial charge in [0.1, 0.15) is 0 Å². The van der Waals surface area contributed by atoms with Gasteiger partial charge in [-0.25, -0.2) is 13.6 Å². The monoisotopic (exact) mass is 478 g/mol. The molecular formula is C23H22N6O4S. The molecule has 4 aromatic rings. The lowest BCUT2D eigenvalue weighted by atomic mass is 9.89. The highest BCUT2D eigenvalue weighted by Gasteiger charge is 2.42. The van der Waals surface area contributed by atoms with Crippen molar-refractivity contribution < 1.29 is 17.8 Å². The third-order valence-corrected chi connectivity index (χ3v) is 6.78. The zero-order valence-corrected chi connectivity index (χ0v) is 19.0. The second kappa shape index (κ2) is 8.20. The van der Waals surface area contributed by atoms with E-state index in [0.717, 1.165) is 11.3 Å². The minimum atomic E-state index is -3.88. The molecule has 5 N–H and O–H groups in total. The number of nitrogen functional groups attached to an aromatic ring is 1. The van der Waals surface area contributed by atoms with Crippen molar-refractivity contribution >= 4 is 32.5 Å². The van der Waals surface area contributed by atoms with Gasteiger partial charge in [-0.15, -0.1) is 0 Å². The molecule has 1 atom stereocenters. The van der Waals surface area contributed by atoms with E-state index in [4.69, 9.17) is 20.2 Å². The molecule has 174 valence electrons. The van der Waals surface area contributed by atoms with Crippen LogP contribution in [0.4, 0.5) is 5.82 Å². The van der Waals surface area contributed by atoms with Crippen LogP contribution in [0.2, 0.25) is 0 Å². The van der Waals surface area contributed by atoms with Gasteiger partial charge in [0.2, 0.25) is 10.0 Å². The number of hydrogen-bond donors (Lipinski definition) is 3. The predicted octanol–water partition coefficient (Wildman–Crippen LogP) is 2.36. The second-order valence-electron chi connectivity index (χ2n) is 8.08. The highest BCUT2D eigenvalue weighted by Crippen LogP contribution is 2.37. The highest BCUT2D eigenvalue weighted by molar-refractivity contribution is 7.89. The van der Waals surface area contributed by atoms with Crippen LogP contribution in [0.15, 0.2) is 75.4 Å². The Bertz CT molecular complexity index is 1510. The molecule has 0 fully saturated rings. The molecule has 0 aliphatic carbocycles. The summed E-state index contributed by atoms with van der Waals surface area (Å²) >= 11 is 0. The highest BCUT2D eigenvalue weighted by atomic mass is 32.2. The summed E-state index contributed by atoms with van der Waals surface area (Å²) in [6.45, 7) is 0.456. The summed E-state index contributed by atoms with van der Waals surface area (Å²) in [7, 11) is -2.06. The van der Waals surface area contributed by atoms with Crippen LogP contribution in [0.1, 0.15) is 17.7 Å². The van der Waals surface area contributed by atoms with Crippen LogP contribution in [0.25, 0.3) is 22.1 Å². The van der Waals surface area contributed by atoms with Crippen LogP contribution in [-0.4, -0.2) is 37.9 Å². The Kier molecular flexibility index (Phi) is 5.31. The molecule has 0 saturated heterocycles. The molecule has 0 amide bonds. The Labute approximate surface area is 195 Å². The molecule has 0 radical (unpaired) electrons. The maximum Gasteiger partial charge on any atom is 0.238 e. The first-order valence-electron chi connectivity index (χ1n) is 10.4. The fraction of sp³-hybridized carbons (Fsp3) is 0.174. The van der Waals surface area contributed by atoms with Gasteiger partial charge >= 0.3 is 0 Å². The number of nitrogens with two attached hydrogens (primary N) is 2. The number of oxime groups is 1. The Morgan fingerprint density at radius 3 is 2.65 bits per heavy atom. The van der Waals surface area contributed by atoms with Crippen LogP contribution in [0.5, 0.6) is 0 Å². The van der Waals surface area contributed by atoms with Gasteiger partial charge in [-0.2, -0.15) is 0 Å². The van der Waals surface area contributed by atoms with Crippen molar-refractivity contribution in [1.29, 1.82) is 0 Å². The van der Waals surface area contributed by atoms with Crippen molar-refractivity contribution in [2.75, 3.05) is 19.3 Å². The largest absolute Gasteiger partial charge is 0.381 e. The third-order valence-electron chi connectivity index (χ3n) is 5.81. The molecule has 11 heteroatoms. The van der Waals surface area contributed by atoms with E-state index in [2.05, 4.69) is 20.6 Å². The minimum absolute atomic E-state index is 0.0422. The van der Waals surface area contributed by atoms with Crippen LogP contribution >= 0.6 is 0 Å². The van der Waals surface area contributed by atoms with Crippen molar-refractivity contribution in [3.8, 4) is 11.1 Å². The molecule has 0 spiro atoms. The first-order valence-corrected chi connectivity index (χ1v) is 12.0. The number of likely N-dealkylation sites (N-methyl/N-ethyl adjacent to an activating group) is 1. The van der Waals surface area contributed by atoms with Crippen molar-refractivity contribution in [3.63, 3.8) is 0 Å². The van der Waals surface area contributed by atoms with Gasteiger partial charge in [-0.3, -0.25) is 4.98 Å². The van der Waals surface area contributed by atoms with Crippen LogP contribution < -0.4 is 16.2 Å². The predicted molar refractivity (Wildman–Crippen MR) is 127 cm³/mol. The maximum atomic E-state index is 12.0. The first kappa shape index (κ1) is 22.0. The van der Waals surface area contributed by atoms with Crippen molar-refractivity contribution in [2.45, 2.75) is 16.9 Å². The van der Waals surface area contributed by atoms with Crippen molar-refractivity contribution in [2.24, 2.45) is 10.3 Å². The number of hydrogen-bond acceptors (Lipinski definition) is 9. The number of fused-ring (bicyclic) bond motifs is 1. The zero-order chi connectivity index (χ0) is 23.9. The maximum absolute atomic E-state index is 12.0. The molecule has 0 saturated carbocycles. The normalized spacial score (nSPS) is 18.1. The summed E-state index contributed by atoms with van der Waals surface area (Å²) in [5.74, 6) is 0.315. The Balaban J connectivity index is 1.47. The number of benzene rings is 2. The van der Waals surface area contributed by atoms with E-state index < -0.39 is 15.6 Å². The van der Waals surface area contributed by atoms with Gasteiger partial charge < -0.3 is 20.4 Å². The third kappa shape index (κ3) is 3.79. The van der Waals surface area contributed by atoms with E-state index in [9.17, 15) is 8.42 Å². The van der Waals surface area contributed by atoms with Gasteiger partial charge in [0, 0.05) is 35.9 Å². The summed E-state index contributed by atoms with van der Waals surface area (Å²) < 4.78 is 29.2. The minimum Gasteiger partial charge on any atom is -0.381 e. The number of pyridine rings is 1. The quantitative estimate of drug-likeness (QED) is 0.381. The number of anilines is 1. The SMILES string of the molecule is CNCC1(c2ccc(-c3ccccc3S(N)(=O)=O)cn2)CC(c2ccc3onc(N)c3c2)=NO1. The Morgan fingerprint density at radius 2 is 1.91 bits per heavy atom. The van der Waals surface area contributed by atoms with Crippen molar-refractivity contribution in [3.05, 3.63) is 72.1 Å². The number of aromatic nitrogens is 2. The fourth-order valence-corrected chi connectivity index (χ4v) is 4.91. The lowest BCUT2D eigenvalue weighted by molar-refractivity contribution is -0.0241. The average Bonchev–Trinajstić information content (AvgIpc) is 3.43. The second-order valence-corrected chi connectivity index (χ2v) is 9.61. The standard InChI is InChI=1S/C23H22N6O4S/c1-26-13-23(11-18(28-33-23)14-6-8-19-17(10-14)22(24)29-32-19)21-9-7-15(12-27-21)16-4-2-3-5-20(16)34(25,30)31/h2-10,12,26H,11,13H2,1H3,(H2,24,29)(H2,25,30,31). The average molecular weight is 479 g/mol. The number of nitrogens with one attached hydrogen (secondary N) is 1. The van der Waals surface area contributed by atoms with Crippen LogP contribution in [-0.2, 0) is 20.5 Å². The molecule has 0 bridgehead atoms. The number of rotatable bonds is 6. The topological polar surface area (TPSA) is 159 Å². The van der Waals surface area contributed by atoms with E-state index in [0.29, 0.717) is 46.6 Å². The van der Waals surface area contributed by atoms with Gasteiger partial charge in [0.25, 0.3) is 0 Å². The first-order chi connectivity index (χ1) is 16.3. The molecule has 1 unspecified atom stereocenters. The fourth-order valence-electron chi connectivity index (χ4n) is 4.15. The molecule has 10 nitrogen and oxygen atoms in total. The van der Waals surface area contributed by atoms with Crippen molar-refractivity contribution in [1.82, 2.24) is 15.5 Å². The number of sulfonamides is 1. The summed E-state index contributed by atoms with van der Waals surface area (Å²) in [4.78, 5) is 10.6. The van der Waals surface area contributed by atoms with Gasteiger partial charge in [-0.05, 0) is 37.4 Å². The molecular weight excluding hydrogens is 456 g/mol. The summed E-state index contributed by atoms with van der Waals surface area (Å²) in [5.41, 5.74) is 9.00. The van der Waals surface area contributed by atoms with Gasteiger partial charge in [0.15, 0.2) is 17.0 Å². The van der Waals surface area contributed by atoms with E-state index >= 15 is 0 Å². The summed E-state index contributed by atoms with van der Waals surface area (Å²) in [5, 5.41) is 17.4. The lowest BCUT2D eigenvalue weighted by Gasteiger charge is -2.26. The Morgan fingerprint density at radius 1 is 1.12 bits per heavy atom. The Hall–Kier alpha value is -3.80. The van der Waals surface area contributed by atoms with Crippen LogP contribution in [0.3, 0.4) is 0 Å². The molecule has 1 aliphatic rings. The van der Waals surface area contributed by atoms with E-state index in [1.807, 2.05) is 25.2 Å². The molecule has 1 aliphatic heterocycles. The molecule has 2 aromatic heterocycles. The summed E-state index contributed by atoms with van der Waals surface area (Å²) in [6, 6.07) is 15.7. The molecule has 34 heavy (non-hydrogen) atoms. The zero-order valence-electron chi connectivity index (χ0n) is 18.2. The smallest absolute Gasteiger partial charge is 0.238 e. The molecule has 5 rings (SSSR count). The van der Waals surface area contributed by atoms with Gasteiger partial charge in [0.05, 0.1) is 21.7 Å². The van der Waals surface area contributed by atoms with E-state index in [1.54, 1.807) is 36.5 Å².